The second kappa shape index (κ2) is 10.3. The first-order valence-corrected chi connectivity index (χ1v) is 12.8. The molecule has 1 atom stereocenters. The highest BCUT2D eigenvalue weighted by Crippen LogP contribution is 2.39. The number of aliphatic hydroxyl groups is 1. The average molecular weight is 504 g/mol. The number of morpholine rings is 1. The summed E-state index contributed by atoms with van der Waals surface area (Å²) in [7, 11) is -0.806. The molecular formula is C24H29N3O7S. The summed E-state index contributed by atoms with van der Waals surface area (Å²) in [6.07, 6.45) is 2.09. The number of furan rings is 1. The minimum absolute atomic E-state index is 0.0465. The quantitative estimate of drug-likeness (QED) is 0.328. The number of ether oxygens (including phenoxy) is 1. The summed E-state index contributed by atoms with van der Waals surface area (Å²) in [4.78, 5) is 29.7. The maximum Gasteiger partial charge on any atom is 0.295 e. The van der Waals surface area contributed by atoms with Crippen molar-refractivity contribution in [2.45, 2.75) is 17.4 Å². The van der Waals surface area contributed by atoms with Crippen LogP contribution in [0.15, 0.2) is 57.5 Å². The number of sulfonamides is 1. The largest absolute Gasteiger partial charge is 0.507 e. The van der Waals surface area contributed by atoms with E-state index in [2.05, 4.69) is 4.90 Å². The summed E-state index contributed by atoms with van der Waals surface area (Å²) in [5, 5.41) is 11.1. The van der Waals surface area contributed by atoms with Crippen molar-refractivity contribution in [2.24, 2.45) is 0 Å². The number of hydrogen-bond donors (Lipinski definition) is 1. The molecule has 2 saturated heterocycles. The van der Waals surface area contributed by atoms with E-state index in [0.29, 0.717) is 31.9 Å². The van der Waals surface area contributed by atoms with Crippen LogP contribution in [0.2, 0.25) is 0 Å². The molecule has 0 spiro atoms. The van der Waals surface area contributed by atoms with Gasteiger partial charge >= 0.3 is 0 Å². The van der Waals surface area contributed by atoms with E-state index in [4.69, 9.17) is 9.15 Å². The monoisotopic (exact) mass is 503 g/mol. The van der Waals surface area contributed by atoms with E-state index in [1.807, 2.05) is 0 Å². The van der Waals surface area contributed by atoms with Gasteiger partial charge in [-0.3, -0.25) is 14.5 Å². The van der Waals surface area contributed by atoms with Gasteiger partial charge in [0.05, 0.1) is 29.9 Å². The number of ketones is 1. The number of rotatable bonds is 8. The van der Waals surface area contributed by atoms with Crippen LogP contribution < -0.4 is 0 Å². The summed E-state index contributed by atoms with van der Waals surface area (Å²) in [6, 6.07) is 7.97. The van der Waals surface area contributed by atoms with E-state index in [0.717, 1.165) is 23.9 Å². The molecule has 1 N–H and O–H groups in total. The predicted molar refractivity (Wildman–Crippen MR) is 127 cm³/mol. The molecule has 0 unspecified atom stereocenters. The first kappa shape index (κ1) is 25.1. The van der Waals surface area contributed by atoms with E-state index in [1.54, 1.807) is 12.1 Å². The Morgan fingerprint density at radius 2 is 1.77 bits per heavy atom. The fraction of sp³-hybridized carbons (Fsp3) is 0.417. The van der Waals surface area contributed by atoms with E-state index >= 15 is 0 Å². The zero-order chi connectivity index (χ0) is 25.2. The molecule has 11 heteroatoms. The van der Waals surface area contributed by atoms with E-state index in [1.165, 1.54) is 49.5 Å². The number of hydrogen-bond acceptors (Lipinski definition) is 8. The number of amides is 1. The van der Waals surface area contributed by atoms with Gasteiger partial charge in [-0.2, -0.15) is 0 Å². The number of aliphatic hydroxyl groups excluding tert-OH is 1. The molecule has 0 radical (unpaired) electrons. The minimum Gasteiger partial charge on any atom is -0.507 e. The van der Waals surface area contributed by atoms with Crippen molar-refractivity contribution in [1.82, 2.24) is 14.1 Å². The molecule has 2 aliphatic heterocycles. The van der Waals surface area contributed by atoms with Gasteiger partial charge in [-0.15, -0.1) is 0 Å². The van der Waals surface area contributed by atoms with E-state index in [-0.39, 0.29) is 21.8 Å². The number of nitrogens with zero attached hydrogens (tertiary/aromatic N) is 3. The van der Waals surface area contributed by atoms with Crippen LogP contribution in [0.25, 0.3) is 5.76 Å². The molecule has 2 aromatic rings. The van der Waals surface area contributed by atoms with Crippen molar-refractivity contribution >= 4 is 27.5 Å². The highest BCUT2D eigenvalue weighted by atomic mass is 32.2. The van der Waals surface area contributed by atoms with Gasteiger partial charge in [-0.1, -0.05) is 0 Å². The van der Waals surface area contributed by atoms with Crippen molar-refractivity contribution in [3.05, 3.63) is 59.6 Å². The average Bonchev–Trinajstić information content (AvgIpc) is 3.47. The Balaban J connectivity index is 1.63. The lowest BCUT2D eigenvalue weighted by molar-refractivity contribution is -0.140. The minimum atomic E-state index is -3.65. The van der Waals surface area contributed by atoms with Crippen LogP contribution in [-0.2, 0) is 24.3 Å². The normalized spacial score (nSPS) is 21.2. The lowest BCUT2D eigenvalue weighted by Crippen LogP contribution is -2.38. The van der Waals surface area contributed by atoms with Crippen molar-refractivity contribution < 1.29 is 32.3 Å². The molecule has 2 fully saturated rings. The lowest BCUT2D eigenvalue weighted by atomic mass is 9.99. The second-order valence-corrected chi connectivity index (χ2v) is 10.8. The fourth-order valence-electron chi connectivity index (χ4n) is 4.29. The Morgan fingerprint density at radius 1 is 1.09 bits per heavy atom. The fourth-order valence-corrected chi connectivity index (χ4v) is 5.20. The number of carbonyl (C=O) groups is 2. The molecule has 1 aromatic carbocycles. The Morgan fingerprint density at radius 3 is 2.37 bits per heavy atom. The molecule has 2 aliphatic rings. The van der Waals surface area contributed by atoms with Crippen LogP contribution in [0, 0.1) is 0 Å². The van der Waals surface area contributed by atoms with Crippen LogP contribution in [-0.4, -0.2) is 92.8 Å². The van der Waals surface area contributed by atoms with Crippen molar-refractivity contribution in [3.63, 3.8) is 0 Å². The molecule has 0 aliphatic carbocycles. The standard InChI is InChI=1S/C24H29N3O7S/c1-25(2)35(31,32)18-8-6-17(7-9-18)22(28)20-21(19-5-3-14-34-19)27(24(30)23(20)29)11-4-10-26-12-15-33-16-13-26/h3,5-9,14,21,28H,4,10-13,15-16H2,1-2H3/b22-20+/t21-/m1/s1. The highest BCUT2D eigenvalue weighted by molar-refractivity contribution is 7.89. The Kier molecular flexibility index (Phi) is 7.41. The topological polar surface area (TPSA) is 121 Å². The van der Waals surface area contributed by atoms with Crippen molar-refractivity contribution in [1.29, 1.82) is 0 Å². The zero-order valence-corrected chi connectivity index (χ0v) is 20.5. The maximum absolute atomic E-state index is 13.0. The van der Waals surface area contributed by atoms with Gasteiger partial charge < -0.3 is 19.2 Å². The first-order chi connectivity index (χ1) is 16.7. The number of carbonyl (C=O) groups excluding carboxylic acids is 2. The third-order valence-corrected chi connectivity index (χ3v) is 8.07. The Hall–Kier alpha value is -2.99. The van der Waals surface area contributed by atoms with Gasteiger partial charge in [-0.05, 0) is 42.8 Å². The number of benzene rings is 1. The SMILES string of the molecule is CN(C)S(=O)(=O)c1ccc(/C(O)=C2\C(=O)C(=O)N(CCCN3CCOCC3)[C@@H]2c2ccco2)cc1. The molecular weight excluding hydrogens is 474 g/mol. The van der Waals surface area contributed by atoms with Gasteiger partial charge in [0.25, 0.3) is 11.7 Å². The summed E-state index contributed by atoms with van der Waals surface area (Å²) in [5.74, 6) is -1.53. The van der Waals surface area contributed by atoms with Crippen molar-refractivity contribution in [2.75, 3.05) is 53.5 Å². The van der Waals surface area contributed by atoms with Gasteiger partial charge in [0.2, 0.25) is 10.0 Å². The molecule has 0 saturated carbocycles. The van der Waals surface area contributed by atoms with E-state index < -0.39 is 27.8 Å². The molecule has 188 valence electrons. The molecule has 4 rings (SSSR count). The van der Waals surface area contributed by atoms with Crippen LogP contribution in [0.3, 0.4) is 0 Å². The third-order valence-electron chi connectivity index (χ3n) is 6.24. The second-order valence-electron chi connectivity index (χ2n) is 8.63. The third kappa shape index (κ3) is 5.03. The summed E-state index contributed by atoms with van der Waals surface area (Å²) in [6.45, 7) is 4.04. The lowest BCUT2D eigenvalue weighted by Gasteiger charge is -2.28. The molecule has 1 aromatic heterocycles. The van der Waals surface area contributed by atoms with Crippen LogP contribution in [0.1, 0.15) is 23.8 Å². The Bertz CT molecular complexity index is 1200. The smallest absolute Gasteiger partial charge is 0.295 e. The molecule has 35 heavy (non-hydrogen) atoms. The molecule has 3 heterocycles. The van der Waals surface area contributed by atoms with Crippen LogP contribution in [0.4, 0.5) is 0 Å². The summed E-state index contributed by atoms with van der Waals surface area (Å²) in [5.41, 5.74) is 0.144. The Labute approximate surface area is 204 Å². The highest BCUT2D eigenvalue weighted by Gasteiger charge is 2.47. The molecule has 10 nitrogen and oxygen atoms in total. The van der Waals surface area contributed by atoms with Gasteiger partial charge in [0.1, 0.15) is 17.6 Å². The van der Waals surface area contributed by atoms with Crippen molar-refractivity contribution in [3.8, 4) is 0 Å². The summed E-state index contributed by atoms with van der Waals surface area (Å²) >= 11 is 0. The zero-order valence-electron chi connectivity index (χ0n) is 19.7. The molecule has 1 amide bonds. The van der Waals surface area contributed by atoms with Gasteiger partial charge in [0, 0.05) is 45.8 Å². The van der Waals surface area contributed by atoms with E-state index in [9.17, 15) is 23.1 Å². The summed E-state index contributed by atoms with van der Waals surface area (Å²) < 4.78 is 36.7. The van der Waals surface area contributed by atoms with Crippen LogP contribution >= 0.6 is 0 Å². The van der Waals surface area contributed by atoms with Gasteiger partial charge in [0.15, 0.2) is 0 Å². The molecule has 0 bridgehead atoms. The predicted octanol–water partition coefficient (Wildman–Crippen LogP) is 1.67. The number of likely N-dealkylation sites (tertiary alicyclic amines) is 1. The van der Waals surface area contributed by atoms with Gasteiger partial charge in [-0.25, -0.2) is 12.7 Å². The first-order valence-electron chi connectivity index (χ1n) is 11.4. The van der Waals surface area contributed by atoms with Crippen LogP contribution in [0.5, 0.6) is 0 Å². The maximum atomic E-state index is 13.0. The number of Topliss-reactive ketones (excluding diaryl/α,β-unsaturated/α-hetero) is 1.